The predicted octanol–water partition coefficient (Wildman–Crippen LogP) is 1.61. The summed E-state index contributed by atoms with van der Waals surface area (Å²) in [5, 5.41) is 11.9. The molecule has 2 N–H and O–H groups in total. The second-order valence-corrected chi connectivity index (χ2v) is 5.93. The van der Waals surface area contributed by atoms with E-state index in [9.17, 15) is 14.7 Å². The Labute approximate surface area is 127 Å². The molecule has 0 aromatic rings. The molecule has 3 atom stereocenters. The Morgan fingerprint density at radius 2 is 1.67 bits per heavy atom. The number of rotatable bonds is 6. The molecular weight excluding hydrogens is 270 g/mol. The number of nitrogens with zero attached hydrogens (tertiary/aromatic N) is 2. The lowest BCUT2D eigenvalue weighted by Crippen LogP contribution is -2.56. The van der Waals surface area contributed by atoms with Crippen LogP contribution in [0.5, 0.6) is 0 Å². The average molecular weight is 299 g/mol. The molecule has 0 aliphatic carbocycles. The highest BCUT2D eigenvalue weighted by molar-refractivity contribution is 5.82. The Bertz CT molecular complexity index is 354. The van der Waals surface area contributed by atoms with E-state index in [1.165, 1.54) is 0 Å². The molecule has 1 aliphatic heterocycles. The van der Waals surface area contributed by atoms with Crippen molar-refractivity contribution in [2.75, 3.05) is 26.2 Å². The van der Waals surface area contributed by atoms with Gasteiger partial charge in [0.2, 0.25) is 0 Å². The fraction of sp³-hybridized carbons (Fsp3) is 0.867. The molecule has 1 aliphatic rings. The molecule has 2 amide bonds. The van der Waals surface area contributed by atoms with Gasteiger partial charge in [0, 0.05) is 32.2 Å². The molecule has 0 radical (unpaired) electrons. The molecule has 0 saturated carbocycles. The zero-order chi connectivity index (χ0) is 16.0. The highest BCUT2D eigenvalue weighted by Crippen LogP contribution is 2.11. The predicted molar refractivity (Wildman–Crippen MR) is 82.3 cm³/mol. The van der Waals surface area contributed by atoms with E-state index in [4.69, 9.17) is 0 Å². The standard InChI is InChI=1S/C15H29N3O3/c1-5-11(3)13(14(19)20)16-15(21)18-9-7-17(8-10-18)12(4)6-2/h11-13H,5-10H2,1-4H3,(H,16,21)(H,19,20)/t11?,12?,13-/m0/s1. The lowest BCUT2D eigenvalue weighted by atomic mass is 9.99. The SMILES string of the molecule is CCC(C)[C@H](NC(=O)N1CCN(C(C)CC)CC1)C(=O)O. The fourth-order valence-electron chi connectivity index (χ4n) is 2.53. The maximum Gasteiger partial charge on any atom is 0.326 e. The summed E-state index contributed by atoms with van der Waals surface area (Å²) in [5.41, 5.74) is 0. The van der Waals surface area contributed by atoms with Gasteiger partial charge >= 0.3 is 12.0 Å². The minimum atomic E-state index is -0.962. The van der Waals surface area contributed by atoms with E-state index in [-0.39, 0.29) is 11.9 Å². The van der Waals surface area contributed by atoms with Crippen LogP contribution in [0.15, 0.2) is 0 Å². The summed E-state index contributed by atoms with van der Waals surface area (Å²) in [6.45, 7) is 11.1. The fourth-order valence-corrected chi connectivity index (χ4v) is 2.53. The number of carbonyl (C=O) groups is 2. The van der Waals surface area contributed by atoms with E-state index in [1.54, 1.807) is 4.90 Å². The molecular formula is C15H29N3O3. The summed E-state index contributed by atoms with van der Waals surface area (Å²) in [7, 11) is 0. The molecule has 1 heterocycles. The topological polar surface area (TPSA) is 72.9 Å². The second kappa shape index (κ2) is 8.22. The Hall–Kier alpha value is -1.30. The van der Waals surface area contributed by atoms with E-state index in [0.717, 1.165) is 25.9 Å². The van der Waals surface area contributed by atoms with Crippen molar-refractivity contribution in [3.8, 4) is 0 Å². The van der Waals surface area contributed by atoms with Gasteiger partial charge in [0.15, 0.2) is 0 Å². The molecule has 0 aromatic heterocycles. The summed E-state index contributed by atoms with van der Waals surface area (Å²) in [6, 6.07) is -0.538. The molecule has 1 saturated heterocycles. The number of piperazine rings is 1. The third-order valence-electron chi connectivity index (χ3n) is 4.57. The largest absolute Gasteiger partial charge is 0.480 e. The maximum atomic E-state index is 12.2. The minimum Gasteiger partial charge on any atom is -0.480 e. The number of amides is 2. The van der Waals surface area contributed by atoms with Crippen LogP contribution in [0.2, 0.25) is 0 Å². The summed E-state index contributed by atoms with van der Waals surface area (Å²) >= 11 is 0. The maximum absolute atomic E-state index is 12.2. The number of carbonyl (C=O) groups excluding carboxylic acids is 1. The molecule has 21 heavy (non-hydrogen) atoms. The van der Waals surface area contributed by atoms with Crippen molar-refractivity contribution in [1.29, 1.82) is 0 Å². The van der Waals surface area contributed by atoms with Crippen molar-refractivity contribution in [1.82, 2.24) is 15.1 Å². The van der Waals surface area contributed by atoms with E-state index in [2.05, 4.69) is 24.1 Å². The molecule has 0 spiro atoms. The van der Waals surface area contributed by atoms with Crippen LogP contribution in [0, 0.1) is 5.92 Å². The third kappa shape index (κ3) is 4.88. The van der Waals surface area contributed by atoms with Crippen LogP contribution in [0.1, 0.15) is 40.5 Å². The Morgan fingerprint density at radius 1 is 1.10 bits per heavy atom. The van der Waals surface area contributed by atoms with Crippen molar-refractivity contribution in [2.45, 2.75) is 52.6 Å². The zero-order valence-electron chi connectivity index (χ0n) is 13.6. The van der Waals surface area contributed by atoms with Crippen molar-refractivity contribution < 1.29 is 14.7 Å². The van der Waals surface area contributed by atoms with E-state index >= 15 is 0 Å². The molecule has 2 unspecified atom stereocenters. The molecule has 122 valence electrons. The average Bonchev–Trinajstić information content (AvgIpc) is 2.50. The van der Waals surface area contributed by atoms with Crippen molar-refractivity contribution >= 4 is 12.0 Å². The van der Waals surface area contributed by atoms with Crippen LogP contribution in [0.4, 0.5) is 4.79 Å². The summed E-state index contributed by atoms with van der Waals surface area (Å²) in [6.07, 6.45) is 1.82. The molecule has 1 rings (SSSR count). The molecule has 6 nitrogen and oxygen atoms in total. The van der Waals surface area contributed by atoms with Crippen LogP contribution < -0.4 is 5.32 Å². The number of carboxylic acid groups (broad SMARTS) is 1. The Kier molecular flexibility index (Phi) is 6.95. The van der Waals surface area contributed by atoms with Gasteiger partial charge in [0.25, 0.3) is 0 Å². The van der Waals surface area contributed by atoms with Gasteiger partial charge in [0.05, 0.1) is 0 Å². The first kappa shape index (κ1) is 17.8. The Balaban J connectivity index is 2.51. The lowest BCUT2D eigenvalue weighted by molar-refractivity contribution is -0.140. The van der Waals surface area contributed by atoms with Gasteiger partial charge in [-0.1, -0.05) is 27.2 Å². The van der Waals surface area contributed by atoms with Crippen LogP contribution in [-0.2, 0) is 4.79 Å². The van der Waals surface area contributed by atoms with E-state index < -0.39 is 12.0 Å². The number of aliphatic carboxylic acids is 1. The van der Waals surface area contributed by atoms with Crippen LogP contribution in [0.3, 0.4) is 0 Å². The van der Waals surface area contributed by atoms with Gasteiger partial charge in [0.1, 0.15) is 6.04 Å². The van der Waals surface area contributed by atoms with Gasteiger partial charge in [-0.25, -0.2) is 9.59 Å². The van der Waals surface area contributed by atoms with Gasteiger partial charge in [-0.3, -0.25) is 4.90 Å². The quantitative estimate of drug-likeness (QED) is 0.781. The zero-order valence-corrected chi connectivity index (χ0v) is 13.6. The minimum absolute atomic E-state index is 0.0761. The summed E-state index contributed by atoms with van der Waals surface area (Å²) < 4.78 is 0. The highest BCUT2D eigenvalue weighted by Gasteiger charge is 2.29. The van der Waals surface area contributed by atoms with Gasteiger partial charge in [-0.05, 0) is 19.3 Å². The second-order valence-electron chi connectivity index (χ2n) is 5.93. The van der Waals surface area contributed by atoms with Gasteiger partial charge in [-0.15, -0.1) is 0 Å². The summed E-state index contributed by atoms with van der Waals surface area (Å²) in [4.78, 5) is 27.6. The summed E-state index contributed by atoms with van der Waals surface area (Å²) in [5.74, 6) is -1.04. The molecule has 1 fully saturated rings. The van der Waals surface area contributed by atoms with Crippen LogP contribution in [0.25, 0.3) is 0 Å². The van der Waals surface area contributed by atoms with Gasteiger partial charge in [-0.2, -0.15) is 0 Å². The number of carboxylic acids is 1. The normalized spacial score (nSPS) is 20.7. The van der Waals surface area contributed by atoms with Crippen LogP contribution in [-0.4, -0.2) is 65.2 Å². The van der Waals surface area contributed by atoms with Crippen molar-refractivity contribution in [2.24, 2.45) is 5.92 Å². The first-order valence-corrected chi connectivity index (χ1v) is 7.92. The molecule has 0 aromatic carbocycles. The molecule has 0 bridgehead atoms. The highest BCUT2D eigenvalue weighted by atomic mass is 16.4. The van der Waals surface area contributed by atoms with E-state index in [1.807, 2.05) is 13.8 Å². The number of urea groups is 1. The number of hydrogen-bond donors (Lipinski definition) is 2. The number of hydrogen-bond acceptors (Lipinski definition) is 3. The van der Waals surface area contributed by atoms with Crippen LogP contribution >= 0.6 is 0 Å². The third-order valence-corrected chi connectivity index (χ3v) is 4.57. The van der Waals surface area contributed by atoms with Gasteiger partial charge < -0.3 is 15.3 Å². The smallest absolute Gasteiger partial charge is 0.326 e. The van der Waals surface area contributed by atoms with Crippen molar-refractivity contribution in [3.05, 3.63) is 0 Å². The lowest BCUT2D eigenvalue weighted by Gasteiger charge is -2.38. The van der Waals surface area contributed by atoms with E-state index in [0.29, 0.717) is 19.1 Å². The first-order valence-electron chi connectivity index (χ1n) is 7.92. The first-order chi connectivity index (χ1) is 9.90. The van der Waals surface area contributed by atoms with Crippen molar-refractivity contribution in [3.63, 3.8) is 0 Å². The monoisotopic (exact) mass is 299 g/mol. The Morgan fingerprint density at radius 3 is 2.10 bits per heavy atom. The number of nitrogens with one attached hydrogen (secondary N) is 1. The molecule has 6 heteroatoms.